The van der Waals surface area contributed by atoms with Crippen LogP contribution in [-0.2, 0) is 0 Å². The van der Waals surface area contributed by atoms with Crippen molar-refractivity contribution < 1.29 is 30.6 Å². The number of fused-ring (bicyclic) bond motifs is 15. The lowest BCUT2D eigenvalue weighted by Crippen LogP contribution is -2.56. The van der Waals surface area contributed by atoms with Gasteiger partial charge in [-0.1, -0.05) is 164 Å². The largest absolute Gasteiger partial charge is 0.393 e. The van der Waals surface area contributed by atoms with Gasteiger partial charge in [-0.05, 0) is 374 Å². The minimum Gasteiger partial charge on any atom is -0.393 e. The van der Waals surface area contributed by atoms with Gasteiger partial charge in [0.05, 0.1) is 35.1 Å². The molecule has 6 N–H and O–H groups in total. The van der Waals surface area contributed by atoms with Crippen molar-refractivity contribution >= 4 is 0 Å². The van der Waals surface area contributed by atoms with Gasteiger partial charge in [-0.2, -0.15) is 0 Å². The van der Waals surface area contributed by atoms with Gasteiger partial charge >= 0.3 is 0 Å². The van der Waals surface area contributed by atoms with E-state index in [1.165, 1.54) is 128 Å². The van der Waals surface area contributed by atoms with Crippen LogP contribution >= 0.6 is 0 Å². The summed E-state index contributed by atoms with van der Waals surface area (Å²) in [7, 11) is 0. The van der Waals surface area contributed by atoms with Gasteiger partial charge in [0, 0.05) is 0 Å². The summed E-state index contributed by atoms with van der Waals surface area (Å²) >= 11 is 0. The van der Waals surface area contributed by atoms with Gasteiger partial charge < -0.3 is 30.6 Å². The summed E-state index contributed by atoms with van der Waals surface area (Å²) in [5.74, 6) is 12.3. The fourth-order valence-corrected chi connectivity index (χ4v) is 28.3. The molecule has 11 saturated carbocycles. The molecule has 11 fully saturated rings. The molecular formula is C91H164O6. The van der Waals surface area contributed by atoms with Gasteiger partial charge in [-0.25, -0.2) is 0 Å². The molecule has 0 bridgehead atoms. The summed E-state index contributed by atoms with van der Waals surface area (Å²) in [4.78, 5) is 0. The average Bonchev–Trinajstić information content (AvgIpc) is 1.69. The summed E-state index contributed by atoms with van der Waals surface area (Å²) in [6.07, 6.45) is 43.6. The van der Waals surface area contributed by atoms with Crippen LogP contribution in [0.1, 0.15) is 378 Å². The zero-order chi connectivity index (χ0) is 70.6. The van der Waals surface area contributed by atoms with E-state index >= 15 is 0 Å². The van der Waals surface area contributed by atoms with Crippen molar-refractivity contribution in [3.8, 4) is 0 Å². The van der Waals surface area contributed by atoms with E-state index in [-0.39, 0.29) is 25.7 Å². The highest BCUT2D eigenvalue weighted by molar-refractivity contribution is 5.27. The Hall–Kier alpha value is -0.500. The molecule has 0 radical (unpaired) electrons. The van der Waals surface area contributed by atoms with Crippen LogP contribution in [0.25, 0.3) is 0 Å². The summed E-state index contributed by atoms with van der Waals surface area (Å²) in [6.45, 7) is 49.8. The quantitative estimate of drug-likeness (QED) is 0.0909. The van der Waals surface area contributed by atoms with Gasteiger partial charge in [-0.3, -0.25) is 0 Å². The maximum atomic E-state index is 11.1. The van der Waals surface area contributed by atoms with Crippen molar-refractivity contribution in [3.63, 3.8) is 0 Å². The topological polar surface area (TPSA) is 121 Å². The maximum absolute atomic E-state index is 11.1. The van der Waals surface area contributed by atoms with Crippen molar-refractivity contribution in [1.29, 1.82) is 0 Å². The smallest absolute Gasteiger partial charge is 0.0682 e. The highest BCUT2D eigenvalue weighted by Crippen LogP contribution is 2.73. The first kappa shape index (κ1) is 80.6. The second kappa shape index (κ2) is 29.3. The minimum absolute atomic E-state index is 0. The molecule has 0 heterocycles. The van der Waals surface area contributed by atoms with Crippen LogP contribution in [-0.4, -0.2) is 65.8 Å². The number of hydrogen-bond acceptors (Lipinski definition) is 6. The molecule has 0 amide bonds. The second-order valence-corrected chi connectivity index (χ2v) is 43.7. The van der Waals surface area contributed by atoms with Crippen molar-refractivity contribution in [2.45, 2.75) is 413 Å². The second-order valence-electron chi connectivity index (χ2n) is 43.7. The normalized spacial score (nSPS) is 47.1. The molecule has 97 heavy (non-hydrogen) atoms. The van der Waals surface area contributed by atoms with Crippen molar-refractivity contribution in [2.24, 2.45) is 149 Å². The van der Waals surface area contributed by atoms with E-state index in [9.17, 15) is 30.6 Å². The zero-order valence-corrected chi connectivity index (χ0v) is 67.1. The third-order valence-corrected chi connectivity index (χ3v) is 35.4. The van der Waals surface area contributed by atoms with Crippen LogP contribution in [0.2, 0.25) is 0 Å². The maximum Gasteiger partial charge on any atom is 0.0682 e. The van der Waals surface area contributed by atoms with Crippen LogP contribution in [0.5, 0.6) is 0 Å². The van der Waals surface area contributed by atoms with Crippen LogP contribution in [0.3, 0.4) is 0 Å². The van der Waals surface area contributed by atoms with Crippen LogP contribution < -0.4 is 0 Å². The Balaban J connectivity index is 0.000000170. The molecule has 0 unspecified atom stereocenters. The summed E-state index contributed by atoms with van der Waals surface area (Å²) in [5.41, 5.74) is 3.68. The summed E-state index contributed by atoms with van der Waals surface area (Å²) in [5, 5.41) is 66.4. The Labute approximate surface area is 601 Å². The lowest BCUT2D eigenvalue weighted by atomic mass is 9.43. The molecule has 0 aromatic heterocycles. The van der Waals surface area contributed by atoms with E-state index in [1.807, 2.05) is 0 Å². The molecule has 12 aliphatic rings. The molecular weight excluding hydrogens is 1190 g/mol. The van der Waals surface area contributed by atoms with Gasteiger partial charge in [0.15, 0.2) is 0 Å². The van der Waals surface area contributed by atoms with Crippen molar-refractivity contribution in [2.75, 3.05) is 0 Å². The predicted molar refractivity (Wildman–Crippen MR) is 410 cm³/mol. The summed E-state index contributed by atoms with van der Waals surface area (Å²) in [6, 6.07) is 0. The molecule has 6 heteroatoms. The first-order valence-corrected chi connectivity index (χ1v) is 42.4. The van der Waals surface area contributed by atoms with Crippen LogP contribution in [0, 0.1) is 149 Å². The van der Waals surface area contributed by atoms with Crippen molar-refractivity contribution in [1.82, 2.24) is 0 Å². The van der Waals surface area contributed by atoms with Crippen LogP contribution in [0.15, 0.2) is 11.6 Å². The fourth-order valence-electron chi connectivity index (χ4n) is 28.3. The molecule has 0 aromatic rings. The lowest BCUT2D eigenvalue weighted by molar-refractivity contribution is -0.154. The SMILES string of the molecule is C.CC[C@]1(O)CC[C@@]2(C)C(=CC[C@H]3[C@@H]4CC[C@H]([C@H](C)[C@H](O)CCC(C)(C)C)[C@@]4(C)CC[C@@H]32)C1.CC[C@]1(O)CC[C@@]2(C)[C@H](CC[C@@H]3[C@@H]2CC[C@]2(C)[C@@H]([C@H](C)[C@H](O)CCC(C)(C)C)CC[C@@H]32)C1.CC[C@]1(O)CC[C@@]2(C)[C@H](CC[C@@H]3[C@@H]2CC[C@]2(C)[C@@H]([C@H](C)[C@H](O)CCC(C)(C)C)CC[C@@H]32)C1. The number of aliphatic hydroxyl groups is 6. The molecule has 6 nitrogen and oxygen atoms in total. The Morgan fingerprint density at radius 1 is 0.381 bits per heavy atom. The van der Waals surface area contributed by atoms with E-state index in [4.69, 9.17) is 0 Å². The number of rotatable bonds is 15. The molecule has 12 rings (SSSR count). The standard InChI is InChI=1S/2C30H54O2.C30H52O2.CH4/c3*1-8-30(32)18-17-28(6)21(19-30)9-10-22-24-12-11-23(29(24,7)16-13-25(22)28)20(2)26(31)14-15-27(3,4)5;/h2*20-26,31-32H,8-19H2,1-7H3;9,20,22-26,31-32H,8,10-19H2,1-7H3;1H4/t2*20-,21+,22-,23+,24-,25-,26+,28-,29+,30-;20-,22-,23+,24-,25-,26+,28-,29+,30-;/m000./s1. The Kier molecular flexibility index (Phi) is 24.4. The Bertz CT molecular complexity index is 2490. The van der Waals surface area contributed by atoms with E-state index in [0.717, 1.165) is 161 Å². The van der Waals surface area contributed by atoms with Crippen molar-refractivity contribution in [3.05, 3.63) is 11.6 Å². The van der Waals surface area contributed by atoms with E-state index < -0.39 is 16.8 Å². The van der Waals surface area contributed by atoms with E-state index in [2.05, 4.69) is 151 Å². The molecule has 0 spiro atoms. The van der Waals surface area contributed by atoms with Gasteiger partial charge in [0.25, 0.3) is 0 Å². The molecule has 0 aliphatic heterocycles. The molecule has 0 saturated heterocycles. The fraction of sp³-hybridized carbons (Fsp3) is 0.978. The van der Waals surface area contributed by atoms with E-state index in [0.29, 0.717) is 84.2 Å². The lowest BCUT2D eigenvalue weighted by Gasteiger charge is -2.62. The average molecular weight is 1350 g/mol. The molecule has 0 aromatic carbocycles. The Morgan fingerprint density at radius 3 is 1.04 bits per heavy atom. The van der Waals surface area contributed by atoms with E-state index in [1.54, 1.807) is 5.57 Å². The monoisotopic (exact) mass is 1350 g/mol. The first-order chi connectivity index (χ1) is 44.5. The van der Waals surface area contributed by atoms with Gasteiger partial charge in [-0.15, -0.1) is 0 Å². The zero-order valence-electron chi connectivity index (χ0n) is 67.1. The third kappa shape index (κ3) is 15.7. The number of allylic oxidation sites excluding steroid dienone is 1. The highest BCUT2D eigenvalue weighted by Gasteiger charge is 2.65. The van der Waals surface area contributed by atoms with Gasteiger partial charge in [0.1, 0.15) is 0 Å². The molecule has 12 aliphatic carbocycles. The number of hydrogen-bond donors (Lipinski definition) is 6. The molecule has 564 valence electrons. The molecule has 29 atom stereocenters. The first-order valence-electron chi connectivity index (χ1n) is 42.4. The highest BCUT2D eigenvalue weighted by atomic mass is 16.3. The summed E-state index contributed by atoms with van der Waals surface area (Å²) < 4.78 is 0. The predicted octanol–water partition coefficient (Wildman–Crippen LogP) is 23.4. The number of aliphatic hydroxyl groups excluding tert-OH is 3. The van der Waals surface area contributed by atoms with Crippen LogP contribution in [0.4, 0.5) is 0 Å². The minimum atomic E-state index is -0.460. The Morgan fingerprint density at radius 2 is 0.701 bits per heavy atom. The van der Waals surface area contributed by atoms with Gasteiger partial charge in [0.2, 0.25) is 0 Å². The third-order valence-electron chi connectivity index (χ3n) is 35.4.